The van der Waals surface area contributed by atoms with Crippen molar-refractivity contribution in [1.29, 1.82) is 0 Å². The van der Waals surface area contributed by atoms with E-state index in [-0.39, 0.29) is 11.8 Å². The van der Waals surface area contributed by atoms with Crippen LogP contribution >= 0.6 is 11.8 Å². The summed E-state index contributed by atoms with van der Waals surface area (Å²) in [6, 6.07) is 0. The maximum Gasteiger partial charge on any atom is 0.222 e. The zero-order chi connectivity index (χ0) is 16.8. The lowest BCUT2D eigenvalue weighted by Crippen LogP contribution is -2.30. The topological polar surface area (TPSA) is 84.7 Å². The number of nitrogens with zero attached hydrogens (tertiary/aromatic N) is 4. The van der Waals surface area contributed by atoms with Gasteiger partial charge in [0, 0.05) is 19.0 Å². The molecule has 0 aliphatic rings. The number of hydrogen-bond donors (Lipinski definition) is 2. The fourth-order valence-corrected chi connectivity index (χ4v) is 2.42. The fourth-order valence-electron chi connectivity index (χ4n) is 2.06. The molecule has 2 aromatic heterocycles. The Hall–Kier alpha value is -1.83. The molecule has 7 nitrogen and oxygen atoms in total. The first-order valence-corrected chi connectivity index (χ1v) is 9.08. The van der Waals surface area contributed by atoms with Crippen molar-refractivity contribution in [3.8, 4) is 0 Å². The molecule has 0 atom stereocenters. The molecular weight excluding hydrogens is 312 g/mol. The van der Waals surface area contributed by atoms with Gasteiger partial charge in [-0.2, -0.15) is 5.10 Å². The molecule has 0 unspecified atom stereocenters. The highest BCUT2D eigenvalue weighted by atomic mass is 32.2. The first-order valence-electron chi connectivity index (χ1n) is 7.86. The van der Waals surface area contributed by atoms with Gasteiger partial charge in [-0.25, -0.2) is 14.6 Å². The third-order valence-electron chi connectivity index (χ3n) is 3.35. The fraction of sp³-hybridized carbons (Fsp3) is 0.600. The van der Waals surface area contributed by atoms with Crippen LogP contribution < -0.4 is 10.6 Å². The Kier molecular flexibility index (Phi) is 6.20. The van der Waals surface area contributed by atoms with E-state index in [2.05, 4.69) is 32.6 Å². The summed E-state index contributed by atoms with van der Waals surface area (Å²) >= 11 is 1.50. The Bertz CT molecular complexity index is 669. The summed E-state index contributed by atoms with van der Waals surface area (Å²) in [7, 11) is 0. The molecule has 0 aliphatic heterocycles. The molecule has 2 N–H and O–H groups in total. The molecule has 0 saturated heterocycles. The van der Waals surface area contributed by atoms with Crippen LogP contribution in [-0.4, -0.2) is 45.0 Å². The minimum absolute atomic E-state index is 0.0142. The summed E-state index contributed by atoms with van der Waals surface area (Å²) in [5.74, 6) is 0.851. The SMILES string of the molecule is CCCNc1nc(SC)nc2c1cnn2CCNC(=O)C(C)C. The number of carbonyl (C=O) groups excluding carboxylic acids is 1. The summed E-state index contributed by atoms with van der Waals surface area (Å²) < 4.78 is 1.81. The monoisotopic (exact) mass is 336 g/mol. The second-order valence-corrected chi connectivity index (χ2v) is 6.31. The van der Waals surface area contributed by atoms with Gasteiger partial charge in [0.05, 0.1) is 18.1 Å². The normalized spacial score (nSPS) is 11.2. The predicted molar refractivity (Wildman–Crippen MR) is 93.7 cm³/mol. The van der Waals surface area contributed by atoms with Crippen LogP contribution in [-0.2, 0) is 11.3 Å². The van der Waals surface area contributed by atoms with E-state index < -0.39 is 0 Å². The van der Waals surface area contributed by atoms with Gasteiger partial charge < -0.3 is 10.6 Å². The summed E-state index contributed by atoms with van der Waals surface area (Å²) in [4.78, 5) is 20.7. The van der Waals surface area contributed by atoms with Gasteiger partial charge in [0.15, 0.2) is 10.8 Å². The molecule has 0 aromatic carbocycles. The number of aromatic nitrogens is 4. The highest BCUT2D eigenvalue weighted by molar-refractivity contribution is 7.98. The zero-order valence-electron chi connectivity index (χ0n) is 14.1. The second kappa shape index (κ2) is 8.14. The lowest BCUT2D eigenvalue weighted by atomic mass is 10.2. The third kappa shape index (κ3) is 4.34. The average molecular weight is 336 g/mol. The van der Waals surface area contributed by atoms with Crippen LogP contribution in [0.5, 0.6) is 0 Å². The van der Waals surface area contributed by atoms with Crippen molar-refractivity contribution in [3.63, 3.8) is 0 Å². The van der Waals surface area contributed by atoms with E-state index in [0.29, 0.717) is 18.2 Å². The van der Waals surface area contributed by atoms with Crippen molar-refractivity contribution in [2.24, 2.45) is 5.92 Å². The van der Waals surface area contributed by atoms with Crippen molar-refractivity contribution < 1.29 is 4.79 Å². The summed E-state index contributed by atoms with van der Waals surface area (Å²) in [5.41, 5.74) is 0.793. The van der Waals surface area contributed by atoms with Crippen molar-refractivity contribution in [1.82, 2.24) is 25.1 Å². The number of amides is 1. The molecule has 0 spiro atoms. The van der Waals surface area contributed by atoms with Crippen LogP contribution in [0.2, 0.25) is 0 Å². The van der Waals surface area contributed by atoms with Gasteiger partial charge in [-0.05, 0) is 12.7 Å². The lowest BCUT2D eigenvalue weighted by molar-refractivity contribution is -0.124. The van der Waals surface area contributed by atoms with Crippen molar-refractivity contribution in [2.75, 3.05) is 24.7 Å². The van der Waals surface area contributed by atoms with Crippen molar-refractivity contribution in [3.05, 3.63) is 6.20 Å². The van der Waals surface area contributed by atoms with E-state index in [1.54, 1.807) is 6.20 Å². The summed E-state index contributed by atoms with van der Waals surface area (Å²) in [6.45, 7) is 7.84. The van der Waals surface area contributed by atoms with Gasteiger partial charge in [-0.1, -0.05) is 32.5 Å². The molecule has 1 amide bonds. The van der Waals surface area contributed by atoms with Gasteiger partial charge in [-0.3, -0.25) is 4.79 Å². The predicted octanol–water partition coefficient (Wildman–Crippen LogP) is 2.14. The Balaban J connectivity index is 2.19. The molecule has 2 rings (SSSR count). The number of nitrogens with one attached hydrogen (secondary N) is 2. The molecule has 0 aliphatic carbocycles. The van der Waals surface area contributed by atoms with Crippen LogP contribution in [0.1, 0.15) is 27.2 Å². The quantitative estimate of drug-likeness (QED) is 0.567. The van der Waals surface area contributed by atoms with Gasteiger partial charge in [0.2, 0.25) is 5.91 Å². The number of carbonyl (C=O) groups is 1. The van der Waals surface area contributed by atoms with Crippen LogP contribution in [0.15, 0.2) is 11.4 Å². The number of hydrogen-bond acceptors (Lipinski definition) is 6. The molecule has 0 fully saturated rings. The third-order valence-corrected chi connectivity index (χ3v) is 3.90. The van der Waals surface area contributed by atoms with Crippen molar-refractivity contribution >= 4 is 34.5 Å². The second-order valence-electron chi connectivity index (χ2n) is 5.54. The molecule has 0 bridgehead atoms. The van der Waals surface area contributed by atoms with Crippen LogP contribution in [0.4, 0.5) is 5.82 Å². The largest absolute Gasteiger partial charge is 0.369 e. The first kappa shape index (κ1) is 17.5. The standard InChI is InChI=1S/C15H24N6OS/c1-5-6-16-12-11-9-18-21(8-7-17-14(22)10(2)3)13(11)20-15(19-12)23-4/h9-10H,5-8H2,1-4H3,(H,17,22)(H,16,19,20). The maximum absolute atomic E-state index is 11.6. The molecular formula is C15H24N6OS. The Morgan fingerprint density at radius 3 is 2.78 bits per heavy atom. The van der Waals surface area contributed by atoms with E-state index >= 15 is 0 Å². The highest BCUT2D eigenvalue weighted by Gasteiger charge is 2.13. The molecule has 2 heterocycles. The van der Waals surface area contributed by atoms with Gasteiger partial charge >= 0.3 is 0 Å². The minimum Gasteiger partial charge on any atom is -0.369 e. The summed E-state index contributed by atoms with van der Waals surface area (Å²) in [5, 5.41) is 12.2. The first-order chi connectivity index (χ1) is 11.1. The average Bonchev–Trinajstić information content (AvgIpc) is 2.95. The Labute approximate surface area is 140 Å². The van der Waals surface area contributed by atoms with Crippen molar-refractivity contribution in [2.45, 2.75) is 38.9 Å². The summed E-state index contributed by atoms with van der Waals surface area (Å²) in [6.07, 6.45) is 4.76. The molecule has 8 heteroatoms. The van der Waals surface area contributed by atoms with E-state index in [1.165, 1.54) is 11.8 Å². The van der Waals surface area contributed by atoms with E-state index in [0.717, 1.165) is 29.8 Å². The molecule has 0 saturated carbocycles. The van der Waals surface area contributed by atoms with Crippen LogP contribution in [0.3, 0.4) is 0 Å². The zero-order valence-corrected chi connectivity index (χ0v) is 14.9. The Morgan fingerprint density at radius 2 is 2.13 bits per heavy atom. The number of rotatable bonds is 8. The number of fused-ring (bicyclic) bond motifs is 1. The maximum atomic E-state index is 11.6. The lowest BCUT2D eigenvalue weighted by Gasteiger charge is -2.09. The van der Waals surface area contributed by atoms with E-state index in [1.807, 2.05) is 24.8 Å². The molecule has 126 valence electrons. The Morgan fingerprint density at radius 1 is 1.35 bits per heavy atom. The van der Waals surface area contributed by atoms with Gasteiger partial charge in [0.25, 0.3) is 0 Å². The molecule has 2 aromatic rings. The minimum atomic E-state index is -0.0142. The van der Waals surface area contributed by atoms with Gasteiger partial charge in [0.1, 0.15) is 5.82 Å². The van der Waals surface area contributed by atoms with E-state index in [9.17, 15) is 4.79 Å². The van der Waals surface area contributed by atoms with Crippen LogP contribution in [0, 0.1) is 5.92 Å². The highest BCUT2D eigenvalue weighted by Crippen LogP contribution is 2.23. The number of thioether (sulfide) groups is 1. The molecule has 23 heavy (non-hydrogen) atoms. The van der Waals surface area contributed by atoms with Crippen LogP contribution in [0.25, 0.3) is 11.0 Å². The van der Waals surface area contributed by atoms with E-state index in [4.69, 9.17) is 0 Å². The smallest absolute Gasteiger partial charge is 0.222 e. The van der Waals surface area contributed by atoms with Gasteiger partial charge in [-0.15, -0.1) is 0 Å². The number of anilines is 1. The molecule has 0 radical (unpaired) electrons.